The summed E-state index contributed by atoms with van der Waals surface area (Å²) in [4.78, 5) is 25.6. The highest BCUT2D eigenvalue weighted by Crippen LogP contribution is 2.22. The van der Waals surface area contributed by atoms with Crippen molar-refractivity contribution in [2.24, 2.45) is 5.73 Å². The largest absolute Gasteiger partial charge is 0.394 e. The maximum Gasteiger partial charge on any atom is 0.322 e. The fourth-order valence-corrected chi connectivity index (χ4v) is 2.86. The quantitative estimate of drug-likeness (QED) is 0.693. The SMILES string of the molecule is CC[C@@H](CO)N(Cc1ccccc1)C(=O)Nc1ccc(C(N)=O)c(Cl)c1. The maximum atomic E-state index is 12.8. The molecule has 0 bridgehead atoms. The van der Waals surface area contributed by atoms with Crippen LogP contribution in [0.5, 0.6) is 0 Å². The van der Waals surface area contributed by atoms with Gasteiger partial charge in [-0.2, -0.15) is 0 Å². The fraction of sp³-hybridized carbons (Fsp3) is 0.263. The van der Waals surface area contributed by atoms with Crippen LogP contribution >= 0.6 is 11.6 Å². The number of aliphatic hydroxyl groups is 1. The number of halogens is 1. The summed E-state index contributed by atoms with van der Waals surface area (Å²) in [6.45, 7) is 2.13. The van der Waals surface area contributed by atoms with E-state index in [1.165, 1.54) is 12.1 Å². The molecule has 0 aliphatic heterocycles. The van der Waals surface area contributed by atoms with E-state index in [1.807, 2.05) is 37.3 Å². The molecule has 0 heterocycles. The Labute approximate surface area is 157 Å². The number of hydrogen-bond donors (Lipinski definition) is 3. The Bertz CT molecular complexity index is 764. The van der Waals surface area contributed by atoms with Crippen LogP contribution < -0.4 is 11.1 Å². The first kappa shape index (κ1) is 19.8. The average Bonchev–Trinajstić information content (AvgIpc) is 2.62. The molecule has 2 rings (SSSR count). The molecule has 0 radical (unpaired) electrons. The van der Waals surface area contributed by atoms with Crippen LogP contribution in [0.1, 0.15) is 29.3 Å². The molecule has 0 aliphatic rings. The minimum Gasteiger partial charge on any atom is -0.394 e. The summed E-state index contributed by atoms with van der Waals surface area (Å²) in [5.74, 6) is -0.634. The third-order valence-electron chi connectivity index (χ3n) is 4.07. The molecule has 2 aromatic rings. The Morgan fingerprint density at radius 2 is 1.92 bits per heavy atom. The molecule has 4 N–H and O–H groups in total. The van der Waals surface area contributed by atoms with Crippen LogP contribution in [0.15, 0.2) is 48.5 Å². The number of rotatable bonds is 7. The van der Waals surface area contributed by atoms with Gasteiger partial charge in [0.1, 0.15) is 0 Å². The third-order valence-corrected chi connectivity index (χ3v) is 4.38. The zero-order chi connectivity index (χ0) is 19.1. The zero-order valence-corrected chi connectivity index (χ0v) is 15.2. The van der Waals surface area contributed by atoms with E-state index in [0.717, 1.165) is 5.56 Å². The van der Waals surface area contributed by atoms with Crippen molar-refractivity contribution in [2.75, 3.05) is 11.9 Å². The van der Waals surface area contributed by atoms with Crippen LogP contribution in [-0.4, -0.2) is 34.6 Å². The molecule has 7 heteroatoms. The van der Waals surface area contributed by atoms with Gasteiger partial charge in [-0.25, -0.2) is 4.79 Å². The van der Waals surface area contributed by atoms with Gasteiger partial charge in [0.05, 0.1) is 23.2 Å². The Hall–Kier alpha value is -2.57. The zero-order valence-electron chi connectivity index (χ0n) is 14.5. The normalized spacial score (nSPS) is 11.7. The molecule has 0 aromatic heterocycles. The number of primary amides is 1. The standard InChI is InChI=1S/C19H22ClN3O3/c1-2-15(12-24)23(11-13-6-4-3-5-7-13)19(26)22-14-8-9-16(18(21)25)17(20)10-14/h3-10,15,24H,2,11-12H2,1H3,(H2,21,25)(H,22,26)/t15-/m0/s1. The number of urea groups is 1. The van der Waals surface area contributed by atoms with Crippen molar-refractivity contribution >= 4 is 29.2 Å². The number of nitrogens with zero attached hydrogens (tertiary/aromatic N) is 1. The third kappa shape index (κ3) is 4.97. The number of carbonyl (C=O) groups excluding carboxylic acids is 2. The van der Waals surface area contributed by atoms with E-state index < -0.39 is 5.91 Å². The topological polar surface area (TPSA) is 95.7 Å². The number of benzene rings is 2. The molecule has 6 nitrogen and oxygen atoms in total. The first-order valence-electron chi connectivity index (χ1n) is 8.28. The number of aliphatic hydroxyl groups excluding tert-OH is 1. The second-order valence-electron chi connectivity index (χ2n) is 5.85. The summed E-state index contributed by atoms with van der Waals surface area (Å²) < 4.78 is 0. The predicted molar refractivity (Wildman–Crippen MR) is 102 cm³/mol. The van der Waals surface area contributed by atoms with Gasteiger partial charge in [-0.1, -0.05) is 48.9 Å². The lowest BCUT2D eigenvalue weighted by Crippen LogP contribution is -2.44. The lowest BCUT2D eigenvalue weighted by atomic mass is 10.1. The van der Waals surface area contributed by atoms with E-state index in [0.29, 0.717) is 18.7 Å². The molecule has 138 valence electrons. The molecule has 2 aromatic carbocycles. The summed E-state index contributed by atoms with van der Waals surface area (Å²) in [6.07, 6.45) is 0.609. The van der Waals surface area contributed by atoms with Crippen LogP contribution in [0.3, 0.4) is 0 Å². The minimum atomic E-state index is -0.634. The van der Waals surface area contributed by atoms with Crippen molar-refractivity contribution in [3.63, 3.8) is 0 Å². The number of nitrogens with one attached hydrogen (secondary N) is 1. The summed E-state index contributed by atoms with van der Waals surface area (Å²) in [5, 5.41) is 12.6. The number of hydrogen-bond acceptors (Lipinski definition) is 3. The highest BCUT2D eigenvalue weighted by molar-refractivity contribution is 6.34. The first-order chi connectivity index (χ1) is 12.5. The molecule has 0 saturated carbocycles. The van der Waals surface area contributed by atoms with Crippen molar-refractivity contribution in [3.8, 4) is 0 Å². The van der Waals surface area contributed by atoms with Gasteiger partial charge in [-0.3, -0.25) is 4.79 Å². The Morgan fingerprint density at radius 3 is 2.46 bits per heavy atom. The summed E-state index contributed by atoms with van der Waals surface area (Å²) in [7, 11) is 0. The average molecular weight is 376 g/mol. The molecular weight excluding hydrogens is 354 g/mol. The number of carbonyl (C=O) groups is 2. The monoisotopic (exact) mass is 375 g/mol. The van der Waals surface area contributed by atoms with Crippen LogP contribution in [0.4, 0.5) is 10.5 Å². The van der Waals surface area contributed by atoms with Gasteiger partial charge in [0.15, 0.2) is 0 Å². The molecule has 0 spiro atoms. The van der Waals surface area contributed by atoms with Crippen LogP contribution in [0, 0.1) is 0 Å². The molecule has 26 heavy (non-hydrogen) atoms. The van der Waals surface area contributed by atoms with E-state index >= 15 is 0 Å². The Balaban J connectivity index is 2.20. The smallest absolute Gasteiger partial charge is 0.322 e. The second kappa shape index (κ2) is 9.22. The van der Waals surface area contributed by atoms with Crippen molar-refractivity contribution < 1.29 is 14.7 Å². The molecule has 0 saturated heterocycles. The number of nitrogens with two attached hydrogens (primary N) is 1. The Kier molecular flexibility index (Phi) is 7.00. The van der Waals surface area contributed by atoms with Crippen LogP contribution in [-0.2, 0) is 6.54 Å². The van der Waals surface area contributed by atoms with Gasteiger partial charge in [-0.15, -0.1) is 0 Å². The van der Waals surface area contributed by atoms with Gasteiger partial charge in [0.2, 0.25) is 5.91 Å². The molecule has 3 amide bonds. The van der Waals surface area contributed by atoms with E-state index in [1.54, 1.807) is 11.0 Å². The van der Waals surface area contributed by atoms with Crippen molar-refractivity contribution in [1.82, 2.24) is 4.90 Å². The minimum absolute atomic E-state index is 0.141. The lowest BCUT2D eigenvalue weighted by Gasteiger charge is -2.30. The van der Waals surface area contributed by atoms with Crippen LogP contribution in [0.2, 0.25) is 5.02 Å². The highest BCUT2D eigenvalue weighted by atomic mass is 35.5. The molecule has 0 fully saturated rings. The predicted octanol–water partition coefficient (Wildman–Crippen LogP) is 3.24. The van der Waals surface area contributed by atoms with Gasteiger partial charge in [0, 0.05) is 12.2 Å². The summed E-state index contributed by atoms with van der Waals surface area (Å²) >= 11 is 6.03. The lowest BCUT2D eigenvalue weighted by molar-refractivity contribution is 0.100. The first-order valence-corrected chi connectivity index (χ1v) is 8.65. The van der Waals surface area contributed by atoms with E-state index in [9.17, 15) is 14.7 Å². The van der Waals surface area contributed by atoms with Gasteiger partial charge in [-0.05, 0) is 30.2 Å². The molecule has 1 atom stereocenters. The number of anilines is 1. The van der Waals surface area contributed by atoms with Crippen LogP contribution in [0.25, 0.3) is 0 Å². The fourth-order valence-electron chi connectivity index (χ4n) is 2.58. The number of amides is 3. The van der Waals surface area contributed by atoms with Gasteiger partial charge >= 0.3 is 6.03 Å². The van der Waals surface area contributed by atoms with E-state index in [4.69, 9.17) is 17.3 Å². The summed E-state index contributed by atoms with van der Waals surface area (Å²) in [5.41, 5.74) is 6.81. The second-order valence-corrected chi connectivity index (χ2v) is 6.25. The molecule has 0 aliphatic carbocycles. The highest BCUT2D eigenvalue weighted by Gasteiger charge is 2.22. The molecule has 0 unspecified atom stereocenters. The van der Waals surface area contributed by atoms with Crippen molar-refractivity contribution in [1.29, 1.82) is 0 Å². The Morgan fingerprint density at radius 1 is 1.23 bits per heavy atom. The van der Waals surface area contributed by atoms with E-state index in [2.05, 4.69) is 5.32 Å². The van der Waals surface area contributed by atoms with Gasteiger partial charge < -0.3 is 21.1 Å². The van der Waals surface area contributed by atoms with Gasteiger partial charge in [0.25, 0.3) is 0 Å². The van der Waals surface area contributed by atoms with Crippen molar-refractivity contribution in [3.05, 3.63) is 64.7 Å². The van der Waals surface area contributed by atoms with E-state index in [-0.39, 0.29) is 29.3 Å². The molecular formula is C19H22ClN3O3. The van der Waals surface area contributed by atoms with Crippen molar-refractivity contribution in [2.45, 2.75) is 25.9 Å². The summed E-state index contributed by atoms with van der Waals surface area (Å²) in [6, 6.07) is 13.3. The maximum absolute atomic E-state index is 12.8.